The summed E-state index contributed by atoms with van der Waals surface area (Å²) < 4.78 is 0.887. The first kappa shape index (κ1) is 18.9. The molecule has 21 heavy (non-hydrogen) atoms. The first-order valence-corrected chi connectivity index (χ1v) is 9.93. The minimum Gasteiger partial charge on any atom is -0.507 e. The van der Waals surface area contributed by atoms with Crippen LogP contribution in [0.2, 0.25) is 0 Å². The highest BCUT2D eigenvalue weighted by atomic mass is 33.1. The molecule has 0 fully saturated rings. The van der Waals surface area contributed by atoms with Crippen molar-refractivity contribution in [2.45, 2.75) is 59.3 Å². The van der Waals surface area contributed by atoms with Gasteiger partial charge < -0.3 is 5.11 Å². The maximum Gasteiger partial charge on any atom is 0.123 e. The Hall–Kier alpha value is -0.190. The van der Waals surface area contributed by atoms with Gasteiger partial charge in [-0.3, -0.25) is 0 Å². The number of hydrogen-bond donors (Lipinski definition) is 1. The normalized spacial score (nSPS) is 12.5. The summed E-state index contributed by atoms with van der Waals surface area (Å²) in [5, 5.41) is 10.7. The van der Waals surface area contributed by atoms with E-state index in [1.54, 1.807) is 21.6 Å². The second-order valence-corrected chi connectivity index (χ2v) is 10.5. The molecule has 0 aliphatic carbocycles. The van der Waals surface area contributed by atoms with Crippen molar-refractivity contribution in [1.29, 1.82) is 0 Å². The van der Waals surface area contributed by atoms with Crippen molar-refractivity contribution >= 4 is 38.0 Å². The topological polar surface area (TPSA) is 20.2 Å². The predicted octanol–water partition coefficient (Wildman–Crippen LogP) is 6.06. The van der Waals surface area contributed by atoms with E-state index < -0.39 is 0 Å². The maximum absolute atomic E-state index is 10.7. The van der Waals surface area contributed by atoms with Crippen LogP contribution < -0.4 is 0 Å². The Morgan fingerprint density at radius 2 is 1.48 bits per heavy atom. The lowest BCUT2D eigenvalue weighted by Crippen LogP contribution is -2.18. The van der Waals surface area contributed by atoms with Crippen molar-refractivity contribution < 1.29 is 5.11 Å². The monoisotopic (exact) mass is 342 g/mol. The van der Waals surface area contributed by atoms with E-state index in [4.69, 9.17) is 12.2 Å². The van der Waals surface area contributed by atoms with Crippen molar-refractivity contribution in [2.24, 2.45) is 0 Å². The molecule has 0 aromatic heterocycles. The molecular weight excluding hydrogens is 316 g/mol. The molecule has 0 heterocycles. The lowest BCUT2D eigenvalue weighted by Gasteiger charge is -2.28. The van der Waals surface area contributed by atoms with Gasteiger partial charge >= 0.3 is 0 Å². The quantitative estimate of drug-likeness (QED) is 0.531. The fraction of sp³-hybridized carbons (Fsp3) is 0.588. The van der Waals surface area contributed by atoms with Gasteiger partial charge in [-0.2, -0.15) is 0 Å². The average Bonchev–Trinajstić information content (AvgIpc) is 2.33. The van der Waals surface area contributed by atoms with Crippen molar-refractivity contribution in [1.82, 2.24) is 0 Å². The molecular formula is C17H26OS3. The highest BCUT2D eigenvalue weighted by molar-refractivity contribution is 8.83. The zero-order valence-electron chi connectivity index (χ0n) is 14.0. The van der Waals surface area contributed by atoms with Gasteiger partial charge in [0.2, 0.25) is 0 Å². The zero-order chi connectivity index (χ0) is 16.4. The van der Waals surface area contributed by atoms with E-state index in [1.165, 1.54) is 0 Å². The molecule has 0 atom stereocenters. The molecule has 1 nitrogen and oxygen atoms in total. The first-order valence-electron chi connectivity index (χ1n) is 7.20. The van der Waals surface area contributed by atoms with E-state index in [-0.39, 0.29) is 10.8 Å². The van der Waals surface area contributed by atoms with E-state index in [9.17, 15) is 5.11 Å². The third kappa shape index (κ3) is 4.90. The molecule has 0 bridgehead atoms. The number of rotatable bonds is 3. The Kier molecular flexibility index (Phi) is 6.22. The predicted molar refractivity (Wildman–Crippen MR) is 103 cm³/mol. The van der Waals surface area contributed by atoms with Crippen LogP contribution in [-0.2, 0) is 10.8 Å². The number of thiocarbonyl (C=S) groups is 1. The standard InChI is InChI=1S/C17H26OS3/c1-8-20-21-15(19)11-9-12(16(2,3)4)14(18)13(10-11)17(5,6)7/h9-10,18H,8H2,1-7H3. The Balaban J connectivity index is 3.44. The summed E-state index contributed by atoms with van der Waals surface area (Å²) in [5.41, 5.74) is 2.75. The van der Waals surface area contributed by atoms with Crippen molar-refractivity contribution in [3.8, 4) is 5.75 Å². The Morgan fingerprint density at radius 1 is 1.05 bits per heavy atom. The fourth-order valence-corrected chi connectivity index (χ4v) is 4.01. The molecule has 0 unspecified atom stereocenters. The van der Waals surface area contributed by atoms with Crippen LogP contribution >= 0.6 is 33.8 Å². The average molecular weight is 343 g/mol. The molecule has 1 aromatic rings. The molecule has 4 heteroatoms. The number of phenols is 1. The zero-order valence-corrected chi connectivity index (χ0v) is 16.5. The number of phenolic OH excluding ortho intramolecular Hbond substituents is 1. The van der Waals surface area contributed by atoms with E-state index in [2.05, 4.69) is 60.6 Å². The van der Waals surface area contributed by atoms with Crippen LogP contribution in [0.1, 0.15) is 65.2 Å². The van der Waals surface area contributed by atoms with Gasteiger partial charge in [0.25, 0.3) is 0 Å². The van der Waals surface area contributed by atoms with Gasteiger partial charge in [-0.05, 0) is 33.8 Å². The van der Waals surface area contributed by atoms with Gasteiger partial charge in [0.05, 0.1) is 4.20 Å². The minimum atomic E-state index is -0.113. The summed E-state index contributed by atoms with van der Waals surface area (Å²) in [6.07, 6.45) is 0. The third-order valence-electron chi connectivity index (χ3n) is 3.21. The Bertz CT molecular complexity index is 487. The molecule has 0 radical (unpaired) electrons. The molecule has 0 saturated carbocycles. The fourth-order valence-electron chi connectivity index (χ4n) is 2.06. The van der Waals surface area contributed by atoms with Gasteiger partial charge in [-0.25, -0.2) is 0 Å². The van der Waals surface area contributed by atoms with Crippen LogP contribution in [0.5, 0.6) is 5.75 Å². The van der Waals surface area contributed by atoms with Crippen LogP contribution in [-0.4, -0.2) is 15.1 Å². The number of benzene rings is 1. The second-order valence-electron chi connectivity index (χ2n) is 7.20. The van der Waals surface area contributed by atoms with Gasteiger partial charge in [0.15, 0.2) is 0 Å². The summed E-state index contributed by atoms with van der Waals surface area (Å²) in [4.78, 5) is 0. The van der Waals surface area contributed by atoms with Crippen LogP contribution in [0.25, 0.3) is 0 Å². The third-order valence-corrected chi connectivity index (χ3v) is 6.32. The summed E-state index contributed by atoms with van der Waals surface area (Å²) in [5.74, 6) is 1.44. The molecule has 0 aliphatic rings. The summed E-state index contributed by atoms with van der Waals surface area (Å²) in [7, 11) is 3.40. The molecule has 0 spiro atoms. The number of hydrogen-bond acceptors (Lipinski definition) is 4. The van der Waals surface area contributed by atoms with Crippen LogP contribution in [0, 0.1) is 0 Å². The maximum atomic E-state index is 10.7. The molecule has 1 aromatic carbocycles. The smallest absolute Gasteiger partial charge is 0.123 e. The van der Waals surface area contributed by atoms with E-state index >= 15 is 0 Å². The molecule has 0 aliphatic heterocycles. The molecule has 118 valence electrons. The highest BCUT2D eigenvalue weighted by Crippen LogP contribution is 2.41. The highest BCUT2D eigenvalue weighted by Gasteiger charge is 2.27. The molecule has 0 saturated heterocycles. The largest absolute Gasteiger partial charge is 0.507 e. The SMILES string of the molecule is CCSSC(=S)c1cc(C(C)(C)C)c(O)c(C(C)(C)C)c1. The minimum absolute atomic E-state index is 0.113. The van der Waals surface area contributed by atoms with Crippen molar-refractivity contribution in [2.75, 3.05) is 5.75 Å². The Labute approximate surface area is 142 Å². The number of aromatic hydroxyl groups is 1. The lowest BCUT2D eigenvalue weighted by molar-refractivity contribution is 0.423. The van der Waals surface area contributed by atoms with Gasteiger partial charge in [0, 0.05) is 22.4 Å². The lowest BCUT2D eigenvalue weighted by atomic mass is 9.78. The summed E-state index contributed by atoms with van der Waals surface area (Å²) >= 11 is 5.55. The van der Waals surface area contributed by atoms with E-state index in [1.807, 2.05) is 0 Å². The van der Waals surface area contributed by atoms with Gasteiger partial charge in [-0.15, -0.1) is 0 Å². The van der Waals surface area contributed by atoms with Gasteiger partial charge in [0.1, 0.15) is 5.75 Å². The molecule has 0 amide bonds. The summed E-state index contributed by atoms with van der Waals surface area (Å²) in [6.45, 7) is 14.8. The van der Waals surface area contributed by atoms with Crippen LogP contribution in [0.4, 0.5) is 0 Å². The first-order chi connectivity index (χ1) is 9.48. The van der Waals surface area contributed by atoms with E-state index in [0.717, 1.165) is 26.6 Å². The van der Waals surface area contributed by atoms with E-state index in [0.29, 0.717) is 5.75 Å². The van der Waals surface area contributed by atoms with Crippen LogP contribution in [0.15, 0.2) is 12.1 Å². The van der Waals surface area contributed by atoms with Gasteiger partial charge in [-0.1, -0.05) is 71.5 Å². The van der Waals surface area contributed by atoms with Crippen molar-refractivity contribution in [3.05, 3.63) is 28.8 Å². The van der Waals surface area contributed by atoms with Crippen LogP contribution in [0.3, 0.4) is 0 Å². The second kappa shape index (κ2) is 6.93. The summed E-state index contributed by atoms with van der Waals surface area (Å²) in [6, 6.07) is 4.10. The molecule has 1 N–H and O–H groups in total. The van der Waals surface area contributed by atoms with Crippen molar-refractivity contribution in [3.63, 3.8) is 0 Å². The molecule has 1 rings (SSSR count). The Morgan fingerprint density at radius 3 is 1.81 bits per heavy atom.